The lowest BCUT2D eigenvalue weighted by atomic mass is 10.00. The maximum absolute atomic E-state index is 12.4. The van der Waals surface area contributed by atoms with Gasteiger partial charge in [0.2, 0.25) is 0 Å². The van der Waals surface area contributed by atoms with Crippen LogP contribution in [0, 0.1) is 0 Å². The fraction of sp³-hybridized carbons (Fsp3) is 0.429. The molecule has 2 bridgehead atoms. The fourth-order valence-electron chi connectivity index (χ4n) is 3.03. The highest BCUT2D eigenvalue weighted by Gasteiger charge is 2.42. The van der Waals surface area contributed by atoms with Crippen LogP contribution in [0.25, 0.3) is 0 Å². The van der Waals surface area contributed by atoms with Gasteiger partial charge in [0, 0.05) is 30.5 Å². The normalized spacial score (nSPS) is 27.3. The number of fused-ring (bicyclic) bond motifs is 2. The number of Topliss-reactive ketones (excluding diaryl/α,β-unsaturated/α-hetero) is 1. The highest BCUT2D eigenvalue weighted by Crippen LogP contribution is 2.34. The Balaban J connectivity index is 1.86. The van der Waals surface area contributed by atoms with Crippen LogP contribution in [-0.2, 0) is 4.79 Å². The van der Waals surface area contributed by atoms with Crippen LogP contribution in [0.4, 0.5) is 0 Å². The number of nitrogens with zero attached hydrogens (tertiary/aromatic N) is 1. The van der Waals surface area contributed by atoms with E-state index in [4.69, 9.17) is 0 Å². The van der Waals surface area contributed by atoms with Crippen molar-refractivity contribution in [1.82, 2.24) is 4.90 Å². The van der Waals surface area contributed by atoms with Crippen molar-refractivity contribution in [1.29, 1.82) is 0 Å². The van der Waals surface area contributed by atoms with Crippen molar-refractivity contribution < 1.29 is 9.59 Å². The number of rotatable bonds is 1. The molecule has 2 heterocycles. The van der Waals surface area contributed by atoms with E-state index in [1.54, 1.807) is 0 Å². The first-order valence-electron chi connectivity index (χ1n) is 6.15. The number of hydrogen-bond acceptors (Lipinski definition) is 2. The summed E-state index contributed by atoms with van der Waals surface area (Å²) in [4.78, 5) is 25.8. The van der Waals surface area contributed by atoms with Crippen molar-refractivity contribution >= 4 is 11.7 Å². The van der Waals surface area contributed by atoms with Gasteiger partial charge in [0.1, 0.15) is 5.78 Å². The molecule has 2 saturated heterocycles. The summed E-state index contributed by atoms with van der Waals surface area (Å²) in [6.07, 6.45) is 3.06. The molecule has 0 N–H and O–H groups in total. The zero-order chi connectivity index (χ0) is 11.8. The topological polar surface area (TPSA) is 37.4 Å². The fourth-order valence-corrected chi connectivity index (χ4v) is 3.03. The van der Waals surface area contributed by atoms with Crippen LogP contribution in [0.3, 0.4) is 0 Å². The Labute approximate surface area is 100 Å². The summed E-state index contributed by atoms with van der Waals surface area (Å²) in [6, 6.07) is 9.65. The van der Waals surface area contributed by atoms with Crippen molar-refractivity contribution in [2.75, 3.05) is 0 Å². The molecule has 2 atom stereocenters. The first-order chi connectivity index (χ1) is 8.25. The number of carbonyl (C=O) groups is 2. The van der Waals surface area contributed by atoms with Gasteiger partial charge in [-0.2, -0.15) is 0 Å². The maximum Gasteiger partial charge on any atom is 0.254 e. The Morgan fingerprint density at radius 3 is 2.24 bits per heavy atom. The van der Waals surface area contributed by atoms with Crippen LogP contribution in [0.1, 0.15) is 36.0 Å². The number of ketones is 1. The lowest BCUT2D eigenvalue weighted by molar-refractivity contribution is -0.122. The molecule has 1 aromatic rings. The summed E-state index contributed by atoms with van der Waals surface area (Å²) in [6.45, 7) is 0. The lowest BCUT2D eigenvalue weighted by Gasteiger charge is -2.34. The molecule has 3 rings (SSSR count). The van der Waals surface area contributed by atoms with E-state index in [0.29, 0.717) is 18.6 Å². The average molecular weight is 229 g/mol. The second-order valence-corrected chi connectivity index (χ2v) is 4.91. The molecule has 2 aliphatic rings. The van der Waals surface area contributed by atoms with Gasteiger partial charge in [-0.25, -0.2) is 0 Å². The minimum Gasteiger partial charge on any atom is -0.332 e. The Bertz CT molecular complexity index is 439. The van der Waals surface area contributed by atoms with Crippen LogP contribution in [-0.4, -0.2) is 28.7 Å². The van der Waals surface area contributed by atoms with Gasteiger partial charge >= 0.3 is 0 Å². The number of benzene rings is 1. The summed E-state index contributed by atoms with van der Waals surface area (Å²) in [5.41, 5.74) is 0.735. The van der Waals surface area contributed by atoms with Crippen LogP contribution >= 0.6 is 0 Å². The van der Waals surface area contributed by atoms with Gasteiger partial charge in [-0.05, 0) is 25.0 Å². The van der Waals surface area contributed by atoms with Gasteiger partial charge in [0.05, 0.1) is 0 Å². The van der Waals surface area contributed by atoms with E-state index in [9.17, 15) is 9.59 Å². The zero-order valence-electron chi connectivity index (χ0n) is 9.63. The summed E-state index contributed by atoms with van der Waals surface area (Å²) < 4.78 is 0. The number of amides is 1. The molecule has 0 radical (unpaired) electrons. The summed E-state index contributed by atoms with van der Waals surface area (Å²) in [5, 5.41) is 0. The molecule has 1 aromatic carbocycles. The van der Waals surface area contributed by atoms with Gasteiger partial charge in [0.15, 0.2) is 0 Å². The molecule has 0 spiro atoms. The van der Waals surface area contributed by atoms with Gasteiger partial charge in [-0.3, -0.25) is 9.59 Å². The molecule has 88 valence electrons. The molecule has 2 fully saturated rings. The van der Waals surface area contributed by atoms with Crippen molar-refractivity contribution in [3.63, 3.8) is 0 Å². The molecule has 17 heavy (non-hydrogen) atoms. The van der Waals surface area contributed by atoms with Gasteiger partial charge in [-0.1, -0.05) is 18.2 Å². The third-order valence-electron chi connectivity index (χ3n) is 3.80. The van der Waals surface area contributed by atoms with E-state index in [0.717, 1.165) is 18.4 Å². The van der Waals surface area contributed by atoms with E-state index < -0.39 is 0 Å². The Morgan fingerprint density at radius 1 is 1.06 bits per heavy atom. The van der Waals surface area contributed by atoms with E-state index in [-0.39, 0.29) is 18.0 Å². The number of carbonyl (C=O) groups excluding carboxylic acids is 2. The van der Waals surface area contributed by atoms with Crippen LogP contribution in [0.5, 0.6) is 0 Å². The third kappa shape index (κ3) is 1.75. The van der Waals surface area contributed by atoms with Gasteiger partial charge in [0.25, 0.3) is 5.91 Å². The number of piperidine rings is 1. The molecule has 3 nitrogen and oxygen atoms in total. The smallest absolute Gasteiger partial charge is 0.254 e. The van der Waals surface area contributed by atoms with Crippen LogP contribution in [0.2, 0.25) is 0 Å². The van der Waals surface area contributed by atoms with Crippen molar-refractivity contribution in [2.45, 2.75) is 37.8 Å². The second-order valence-electron chi connectivity index (χ2n) is 4.91. The lowest BCUT2D eigenvalue weighted by Crippen LogP contribution is -2.46. The third-order valence-corrected chi connectivity index (χ3v) is 3.80. The summed E-state index contributed by atoms with van der Waals surface area (Å²) >= 11 is 0. The molecule has 0 aliphatic carbocycles. The molecular formula is C14H15NO2. The highest BCUT2D eigenvalue weighted by molar-refractivity contribution is 5.96. The Hall–Kier alpha value is -1.64. The van der Waals surface area contributed by atoms with E-state index >= 15 is 0 Å². The molecule has 2 unspecified atom stereocenters. The first-order valence-corrected chi connectivity index (χ1v) is 6.15. The Morgan fingerprint density at radius 2 is 1.65 bits per heavy atom. The van der Waals surface area contributed by atoms with Crippen LogP contribution < -0.4 is 0 Å². The van der Waals surface area contributed by atoms with Crippen LogP contribution in [0.15, 0.2) is 30.3 Å². The molecule has 2 aliphatic heterocycles. The van der Waals surface area contributed by atoms with E-state index in [2.05, 4.69) is 0 Å². The molecule has 0 saturated carbocycles. The average Bonchev–Trinajstić information content (AvgIpc) is 2.62. The van der Waals surface area contributed by atoms with E-state index in [1.807, 2.05) is 35.2 Å². The molecular weight excluding hydrogens is 214 g/mol. The SMILES string of the molecule is O=C1CC2CCC(C1)N2C(=O)c1ccccc1. The maximum atomic E-state index is 12.4. The zero-order valence-corrected chi connectivity index (χ0v) is 9.63. The quantitative estimate of drug-likeness (QED) is 0.738. The highest BCUT2D eigenvalue weighted by atomic mass is 16.2. The van der Waals surface area contributed by atoms with Crippen molar-refractivity contribution in [2.24, 2.45) is 0 Å². The molecule has 1 amide bonds. The second kappa shape index (κ2) is 3.99. The summed E-state index contributed by atoms with van der Waals surface area (Å²) in [7, 11) is 0. The molecule has 0 aromatic heterocycles. The van der Waals surface area contributed by atoms with Gasteiger partial charge in [-0.15, -0.1) is 0 Å². The predicted octanol–water partition coefficient (Wildman–Crippen LogP) is 2.02. The largest absolute Gasteiger partial charge is 0.332 e. The standard InChI is InChI=1S/C14H15NO2/c16-13-8-11-6-7-12(9-13)15(11)14(17)10-4-2-1-3-5-10/h1-5,11-12H,6-9H2. The monoisotopic (exact) mass is 229 g/mol. The minimum absolute atomic E-state index is 0.0885. The first kappa shape index (κ1) is 10.5. The summed E-state index contributed by atoms with van der Waals surface area (Å²) in [5.74, 6) is 0.403. The number of hydrogen-bond donors (Lipinski definition) is 0. The Kier molecular flexibility index (Phi) is 2.46. The van der Waals surface area contributed by atoms with Gasteiger partial charge < -0.3 is 4.90 Å². The minimum atomic E-state index is 0.0885. The van der Waals surface area contributed by atoms with Crippen molar-refractivity contribution in [3.8, 4) is 0 Å². The molecule has 3 heteroatoms. The van der Waals surface area contributed by atoms with Crippen molar-refractivity contribution in [3.05, 3.63) is 35.9 Å². The van der Waals surface area contributed by atoms with E-state index in [1.165, 1.54) is 0 Å². The predicted molar refractivity (Wildman–Crippen MR) is 63.7 cm³/mol.